The van der Waals surface area contributed by atoms with Crippen LogP contribution < -0.4 is 11.2 Å². The Morgan fingerprint density at radius 2 is 1.96 bits per heavy atom. The molecule has 2 N–H and O–H groups in total. The van der Waals surface area contributed by atoms with Gasteiger partial charge in [-0.05, 0) is 26.3 Å². The summed E-state index contributed by atoms with van der Waals surface area (Å²) in [7, 11) is 3.01. The Labute approximate surface area is 151 Å². The van der Waals surface area contributed by atoms with E-state index in [9.17, 15) is 19.8 Å². The van der Waals surface area contributed by atoms with E-state index in [-0.39, 0.29) is 12.1 Å². The molecule has 9 heteroatoms. The highest BCUT2D eigenvalue weighted by Gasteiger charge is 2.24. The van der Waals surface area contributed by atoms with Crippen LogP contribution in [0.25, 0.3) is 11.2 Å². The molecule has 0 saturated carbocycles. The summed E-state index contributed by atoms with van der Waals surface area (Å²) in [6.07, 6.45) is 2.42. The number of nitrogens with zero attached hydrogens (tertiary/aromatic N) is 5. The van der Waals surface area contributed by atoms with Crippen molar-refractivity contribution in [2.24, 2.45) is 14.1 Å². The number of hydrogen-bond acceptors (Lipinski definition) is 6. The van der Waals surface area contributed by atoms with Gasteiger partial charge < -0.3 is 14.8 Å². The lowest BCUT2D eigenvalue weighted by molar-refractivity contribution is 0.0796. The Morgan fingerprint density at radius 1 is 1.23 bits per heavy atom. The number of likely N-dealkylation sites (tertiary alicyclic amines) is 1. The SMILES string of the molecule is C[C@H]1CCCCN1Cc1nc2c(c(=O)n(C)c(=O)n2C)n1C[C@@H](O)CO. The third-order valence-corrected chi connectivity index (χ3v) is 5.32. The number of imidazole rings is 1. The van der Waals surface area contributed by atoms with Gasteiger partial charge in [-0.2, -0.15) is 0 Å². The molecule has 0 amide bonds. The quantitative estimate of drug-likeness (QED) is 0.716. The monoisotopic (exact) mass is 365 g/mol. The first kappa shape index (κ1) is 18.8. The van der Waals surface area contributed by atoms with Crippen LogP contribution in [0.15, 0.2) is 9.59 Å². The normalized spacial score (nSPS) is 20.0. The van der Waals surface area contributed by atoms with E-state index in [4.69, 9.17) is 0 Å². The molecule has 9 nitrogen and oxygen atoms in total. The van der Waals surface area contributed by atoms with Gasteiger partial charge in [0.05, 0.1) is 25.8 Å². The average Bonchev–Trinajstić information content (AvgIpc) is 2.98. The molecule has 0 spiro atoms. The van der Waals surface area contributed by atoms with Gasteiger partial charge in [0.2, 0.25) is 0 Å². The molecule has 144 valence electrons. The maximum Gasteiger partial charge on any atom is 0.332 e. The Morgan fingerprint density at radius 3 is 2.62 bits per heavy atom. The van der Waals surface area contributed by atoms with Crippen molar-refractivity contribution in [3.05, 3.63) is 26.7 Å². The number of hydrogen-bond donors (Lipinski definition) is 2. The number of aryl methyl sites for hydroxylation is 1. The van der Waals surface area contributed by atoms with Crippen molar-refractivity contribution in [1.82, 2.24) is 23.6 Å². The fraction of sp³-hybridized carbons (Fsp3) is 0.706. The minimum absolute atomic E-state index is 0.0536. The molecule has 0 bridgehead atoms. The third kappa shape index (κ3) is 3.22. The lowest BCUT2D eigenvalue weighted by Gasteiger charge is -2.33. The van der Waals surface area contributed by atoms with Gasteiger partial charge in [0.25, 0.3) is 5.56 Å². The number of aromatic nitrogens is 4. The molecular formula is C17H27N5O4. The minimum Gasteiger partial charge on any atom is -0.394 e. The molecule has 2 aromatic heterocycles. The summed E-state index contributed by atoms with van der Waals surface area (Å²) in [6.45, 7) is 3.29. The van der Waals surface area contributed by atoms with Gasteiger partial charge in [-0.25, -0.2) is 9.78 Å². The van der Waals surface area contributed by atoms with Crippen LogP contribution in [0.4, 0.5) is 0 Å². The van der Waals surface area contributed by atoms with Gasteiger partial charge in [0, 0.05) is 20.1 Å². The summed E-state index contributed by atoms with van der Waals surface area (Å²) in [5.41, 5.74) is -0.295. The molecule has 3 rings (SSSR count). The first-order chi connectivity index (χ1) is 12.3. The molecule has 0 radical (unpaired) electrons. The highest BCUT2D eigenvalue weighted by atomic mass is 16.3. The number of fused-ring (bicyclic) bond motifs is 1. The van der Waals surface area contributed by atoms with Crippen molar-refractivity contribution in [3.63, 3.8) is 0 Å². The third-order valence-electron chi connectivity index (χ3n) is 5.32. The second-order valence-corrected chi connectivity index (χ2v) is 7.17. The second kappa shape index (κ2) is 7.34. The second-order valence-electron chi connectivity index (χ2n) is 7.17. The van der Waals surface area contributed by atoms with E-state index in [0.29, 0.717) is 24.1 Å². The molecule has 2 aromatic rings. The van der Waals surface area contributed by atoms with Crippen LogP contribution in [0.2, 0.25) is 0 Å². The van der Waals surface area contributed by atoms with E-state index >= 15 is 0 Å². The van der Waals surface area contributed by atoms with Gasteiger partial charge in [-0.15, -0.1) is 0 Å². The zero-order valence-corrected chi connectivity index (χ0v) is 15.6. The van der Waals surface area contributed by atoms with Crippen LogP contribution >= 0.6 is 0 Å². The molecule has 3 heterocycles. The number of aliphatic hydroxyl groups is 2. The van der Waals surface area contributed by atoms with E-state index in [2.05, 4.69) is 16.8 Å². The number of aliphatic hydroxyl groups excluding tert-OH is 2. The molecule has 1 aliphatic heterocycles. The maximum atomic E-state index is 12.7. The van der Waals surface area contributed by atoms with Crippen molar-refractivity contribution in [3.8, 4) is 0 Å². The van der Waals surface area contributed by atoms with E-state index in [1.54, 1.807) is 11.6 Å². The lowest BCUT2D eigenvalue weighted by Crippen LogP contribution is -2.38. The van der Waals surface area contributed by atoms with Crippen molar-refractivity contribution in [1.29, 1.82) is 0 Å². The Hall–Kier alpha value is -1.97. The van der Waals surface area contributed by atoms with Gasteiger partial charge in [-0.1, -0.05) is 6.42 Å². The first-order valence-electron chi connectivity index (χ1n) is 9.03. The molecular weight excluding hydrogens is 338 g/mol. The van der Waals surface area contributed by atoms with Crippen molar-refractivity contribution in [2.45, 2.75) is 51.4 Å². The maximum absolute atomic E-state index is 12.7. The van der Waals surface area contributed by atoms with Crippen LogP contribution in [-0.4, -0.2) is 59.1 Å². The van der Waals surface area contributed by atoms with Crippen molar-refractivity contribution >= 4 is 11.2 Å². The largest absolute Gasteiger partial charge is 0.394 e. The molecule has 26 heavy (non-hydrogen) atoms. The van der Waals surface area contributed by atoms with E-state index < -0.39 is 24.0 Å². The summed E-state index contributed by atoms with van der Waals surface area (Å²) in [4.78, 5) is 31.8. The standard InChI is InChI=1S/C17H27N5O4/c1-11-6-4-5-7-21(11)9-13-18-15-14(22(13)8-12(24)10-23)16(25)20(3)17(26)19(15)2/h11-12,23-24H,4-10H2,1-3H3/t11-,12+/m0/s1. The van der Waals surface area contributed by atoms with Crippen LogP contribution in [0, 0.1) is 0 Å². The van der Waals surface area contributed by atoms with Crippen molar-refractivity contribution in [2.75, 3.05) is 13.2 Å². The topological polar surface area (TPSA) is 106 Å². The Kier molecular flexibility index (Phi) is 5.31. The fourth-order valence-electron chi connectivity index (χ4n) is 3.65. The molecule has 1 aliphatic rings. The smallest absolute Gasteiger partial charge is 0.332 e. The summed E-state index contributed by atoms with van der Waals surface area (Å²) in [5, 5.41) is 19.2. The summed E-state index contributed by atoms with van der Waals surface area (Å²) < 4.78 is 4.04. The number of rotatable bonds is 5. The molecule has 2 atom stereocenters. The Bertz CT molecular complexity index is 912. The summed E-state index contributed by atoms with van der Waals surface area (Å²) in [5.74, 6) is 0.625. The zero-order valence-electron chi connectivity index (χ0n) is 15.6. The average molecular weight is 365 g/mol. The zero-order chi connectivity index (χ0) is 19.0. The van der Waals surface area contributed by atoms with Gasteiger partial charge >= 0.3 is 5.69 Å². The highest BCUT2D eigenvalue weighted by molar-refractivity contribution is 5.71. The molecule has 0 aliphatic carbocycles. The predicted molar refractivity (Wildman–Crippen MR) is 97.0 cm³/mol. The van der Waals surface area contributed by atoms with Crippen LogP contribution in [0.5, 0.6) is 0 Å². The lowest BCUT2D eigenvalue weighted by atomic mass is 10.0. The van der Waals surface area contributed by atoms with Crippen LogP contribution in [-0.2, 0) is 27.2 Å². The number of piperidine rings is 1. The van der Waals surface area contributed by atoms with E-state index in [1.807, 2.05) is 0 Å². The molecule has 1 fully saturated rings. The fourth-order valence-corrected chi connectivity index (χ4v) is 3.65. The van der Waals surface area contributed by atoms with Gasteiger partial charge in [0.1, 0.15) is 5.82 Å². The van der Waals surface area contributed by atoms with Gasteiger partial charge in [-0.3, -0.25) is 18.8 Å². The molecule has 0 aromatic carbocycles. The van der Waals surface area contributed by atoms with Crippen molar-refractivity contribution < 1.29 is 10.2 Å². The van der Waals surface area contributed by atoms with E-state index in [1.165, 1.54) is 18.0 Å². The van der Waals surface area contributed by atoms with Gasteiger partial charge in [0.15, 0.2) is 11.2 Å². The summed E-state index contributed by atoms with van der Waals surface area (Å²) in [6, 6.07) is 0.409. The first-order valence-corrected chi connectivity index (χ1v) is 9.03. The Balaban J connectivity index is 2.16. The highest BCUT2D eigenvalue weighted by Crippen LogP contribution is 2.20. The van der Waals surface area contributed by atoms with Crippen LogP contribution in [0.1, 0.15) is 32.0 Å². The summed E-state index contributed by atoms with van der Waals surface area (Å²) >= 11 is 0. The molecule has 0 unspecified atom stereocenters. The minimum atomic E-state index is -1.01. The molecule has 1 saturated heterocycles. The predicted octanol–water partition coefficient (Wildman–Crippen LogP) is -0.839. The van der Waals surface area contributed by atoms with Crippen LogP contribution in [0.3, 0.4) is 0 Å². The van der Waals surface area contributed by atoms with E-state index in [0.717, 1.165) is 24.0 Å².